The Bertz CT molecular complexity index is 3160. The second-order valence-corrected chi connectivity index (χ2v) is 20.9. The minimum Gasteiger partial charge on any atom is -0.508 e. The molecule has 4 aliphatic heterocycles. The number of piperidine rings is 1. The minimum absolute atomic E-state index is 0.0503. The molecule has 6 aromatic rings. The summed E-state index contributed by atoms with van der Waals surface area (Å²) in [4.78, 5) is 55.3. The zero-order valence-electron chi connectivity index (χ0n) is 43.8. The number of halogens is 1. The topological polar surface area (TPSA) is 140 Å². The molecule has 6 heterocycles. The van der Waals surface area contributed by atoms with Gasteiger partial charge in [-0.15, -0.1) is 0 Å². The molecule has 0 saturated carbocycles. The first-order valence-corrected chi connectivity index (χ1v) is 26.4. The van der Waals surface area contributed by atoms with Gasteiger partial charge in [-0.05, 0) is 141 Å². The number of carbonyl (C=O) groups excluding carboxylic acids is 3. The third kappa shape index (κ3) is 10.7. The number of hydrogen-bond acceptors (Lipinski definition) is 9. The number of nitrogens with zero attached hydrogens (tertiary/aromatic N) is 8. The summed E-state index contributed by atoms with van der Waals surface area (Å²) in [5.74, 6) is -0.0456. The van der Waals surface area contributed by atoms with Crippen molar-refractivity contribution in [2.45, 2.75) is 72.0 Å². The van der Waals surface area contributed by atoms with E-state index >= 15 is 14.0 Å². The number of aromatic hydroxyl groups is 1. The van der Waals surface area contributed by atoms with Crippen LogP contribution in [0.4, 0.5) is 15.8 Å². The molecule has 0 bridgehead atoms. The molecule has 0 aliphatic carbocycles. The summed E-state index contributed by atoms with van der Waals surface area (Å²) in [6.45, 7) is 14.0. The first-order valence-electron chi connectivity index (χ1n) is 26.4. The summed E-state index contributed by atoms with van der Waals surface area (Å²) in [6.07, 6.45) is 3.34. The average Bonchev–Trinajstić information content (AvgIpc) is 3.89. The molecule has 2 aromatic heterocycles. The number of hydrogen-bond donors (Lipinski definition) is 1. The van der Waals surface area contributed by atoms with E-state index in [2.05, 4.69) is 47.1 Å². The maximum absolute atomic E-state index is 15.8. The van der Waals surface area contributed by atoms with Gasteiger partial charge in [0.05, 0.1) is 30.9 Å². The molecular weight excluding hydrogens is 948 g/mol. The van der Waals surface area contributed by atoms with Crippen LogP contribution in [0.15, 0.2) is 91.0 Å². The van der Waals surface area contributed by atoms with Crippen LogP contribution in [0.3, 0.4) is 0 Å². The van der Waals surface area contributed by atoms with E-state index in [9.17, 15) is 15.2 Å². The lowest BCUT2D eigenvalue weighted by atomic mass is 9.89. The highest BCUT2D eigenvalue weighted by Crippen LogP contribution is 2.39. The van der Waals surface area contributed by atoms with Crippen LogP contribution >= 0.6 is 0 Å². The zero-order chi connectivity index (χ0) is 52.5. The third-order valence-electron chi connectivity index (χ3n) is 16.3. The number of benzene rings is 4. The van der Waals surface area contributed by atoms with Crippen molar-refractivity contribution < 1.29 is 33.4 Å². The SMILES string of the molecule is Cc1c(N(C(=O)c2cc(-c3cc4c(cc3C(=O)N3Cc5ccccc5C[C@H]3CN3CCC(C)CC3)CN(C(=O)Cc3ccc(OCCN5CCOCC5)cc3F)CC4)n(C)c2C)c2ccc(O)cc2)cc(C#N)n1C. The minimum atomic E-state index is -0.494. The van der Waals surface area contributed by atoms with E-state index in [1.165, 1.54) is 23.8 Å². The van der Waals surface area contributed by atoms with Crippen molar-refractivity contribution in [1.82, 2.24) is 28.7 Å². The summed E-state index contributed by atoms with van der Waals surface area (Å²) in [6, 6.07) is 29.2. The normalized spacial score (nSPS) is 17.3. The Morgan fingerprint density at radius 3 is 2.28 bits per heavy atom. The number of likely N-dealkylation sites (tertiary alicyclic amines) is 1. The number of nitriles is 1. The lowest BCUT2D eigenvalue weighted by Crippen LogP contribution is -2.51. The Morgan fingerprint density at radius 1 is 0.813 bits per heavy atom. The highest BCUT2D eigenvalue weighted by atomic mass is 19.1. The molecule has 10 rings (SSSR count). The summed E-state index contributed by atoms with van der Waals surface area (Å²) in [7, 11) is 3.69. The second kappa shape index (κ2) is 21.9. The Morgan fingerprint density at radius 2 is 1.56 bits per heavy atom. The van der Waals surface area contributed by atoms with Crippen molar-refractivity contribution in [3.8, 4) is 28.8 Å². The number of amides is 3. The Labute approximate surface area is 439 Å². The molecule has 3 amide bonds. The molecule has 0 spiro atoms. The van der Waals surface area contributed by atoms with Crippen molar-refractivity contribution in [2.24, 2.45) is 20.0 Å². The fraction of sp³-hybridized carbons (Fsp3) is 0.400. The highest BCUT2D eigenvalue weighted by Gasteiger charge is 2.36. The average molecular weight is 1020 g/mol. The molecule has 2 saturated heterocycles. The van der Waals surface area contributed by atoms with E-state index in [1.807, 2.05) is 48.6 Å². The van der Waals surface area contributed by atoms with E-state index < -0.39 is 5.82 Å². The molecule has 4 aliphatic rings. The number of phenolic OH excluding ortho intramolecular Hbond substituents is 1. The smallest absolute Gasteiger partial charge is 0.264 e. The van der Waals surface area contributed by atoms with Crippen molar-refractivity contribution in [1.29, 1.82) is 5.26 Å². The molecule has 2 fully saturated rings. The maximum atomic E-state index is 15.8. The van der Waals surface area contributed by atoms with Gasteiger partial charge in [0, 0.05) is 106 Å². The largest absolute Gasteiger partial charge is 0.508 e. The number of aromatic nitrogens is 2. The van der Waals surface area contributed by atoms with Gasteiger partial charge < -0.3 is 38.4 Å². The van der Waals surface area contributed by atoms with Crippen LogP contribution in [0.25, 0.3) is 11.3 Å². The highest BCUT2D eigenvalue weighted by molar-refractivity contribution is 6.13. The predicted octanol–water partition coefficient (Wildman–Crippen LogP) is 8.48. The summed E-state index contributed by atoms with van der Waals surface area (Å²) in [5.41, 5.74) is 9.51. The van der Waals surface area contributed by atoms with Gasteiger partial charge in [-0.2, -0.15) is 5.26 Å². The van der Waals surface area contributed by atoms with Crippen LogP contribution in [0, 0.1) is 36.9 Å². The van der Waals surface area contributed by atoms with Gasteiger partial charge in [-0.25, -0.2) is 4.39 Å². The molecule has 0 unspecified atom stereocenters. The number of phenols is 1. The van der Waals surface area contributed by atoms with E-state index in [0.29, 0.717) is 114 Å². The van der Waals surface area contributed by atoms with Crippen LogP contribution < -0.4 is 9.64 Å². The molecule has 75 heavy (non-hydrogen) atoms. The Balaban J connectivity index is 0.993. The zero-order valence-corrected chi connectivity index (χ0v) is 43.8. The van der Waals surface area contributed by atoms with Gasteiger partial charge >= 0.3 is 0 Å². The number of rotatable bonds is 13. The van der Waals surface area contributed by atoms with Gasteiger partial charge in [0.25, 0.3) is 11.8 Å². The van der Waals surface area contributed by atoms with Crippen molar-refractivity contribution in [3.05, 3.63) is 153 Å². The van der Waals surface area contributed by atoms with Crippen LogP contribution in [-0.4, -0.2) is 123 Å². The molecule has 4 aromatic carbocycles. The monoisotopic (exact) mass is 1010 g/mol. The third-order valence-corrected chi connectivity index (χ3v) is 16.3. The van der Waals surface area contributed by atoms with Crippen molar-refractivity contribution >= 4 is 29.1 Å². The molecule has 0 radical (unpaired) electrons. The number of fused-ring (bicyclic) bond motifs is 2. The fourth-order valence-corrected chi connectivity index (χ4v) is 11.3. The maximum Gasteiger partial charge on any atom is 0.264 e. The summed E-state index contributed by atoms with van der Waals surface area (Å²) < 4.78 is 30.7. The van der Waals surface area contributed by atoms with Crippen molar-refractivity contribution in [3.63, 3.8) is 0 Å². The van der Waals surface area contributed by atoms with Crippen molar-refractivity contribution in [2.75, 3.05) is 70.5 Å². The quantitative estimate of drug-likeness (QED) is 0.121. The van der Waals surface area contributed by atoms with E-state index in [1.54, 1.807) is 51.7 Å². The molecule has 15 heteroatoms. The fourth-order valence-electron chi connectivity index (χ4n) is 11.3. The van der Waals surface area contributed by atoms with Gasteiger partial charge in [-0.1, -0.05) is 37.3 Å². The first kappa shape index (κ1) is 51.2. The molecule has 14 nitrogen and oxygen atoms in total. The Hall–Kier alpha value is -7.25. The van der Waals surface area contributed by atoms with E-state index in [4.69, 9.17) is 9.47 Å². The number of ether oxygens (including phenoxy) is 2. The molecule has 1 N–H and O–H groups in total. The molecule has 390 valence electrons. The lowest BCUT2D eigenvalue weighted by molar-refractivity contribution is -0.131. The van der Waals surface area contributed by atoms with Gasteiger partial charge in [0.15, 0.2) is 0 Å². The van der Waals surface area contributed by atoms with E-state index in [-0.39, 0.29) is 42.5 Å². The van der Waals surface area contributed by atoms with Gasteiger partial charge in [0.1, 0.15) is 35.7 Å². The van der Waals surface area contributed by atoms with Crippen LogP contribution in [0.2, 0.25) is 0 Å². The van der Waals surface area contributed by atoms with Crippen LogP contribution in [-0.2, 0) is 56.0 Å². The van der Waals surface area contributed by atoms with Crippen LogP contribution in [0.5, 0.6) is 11.5 Å². The molecular formula is C60H67FN8O6. The van der Waals surface area contributed by atoms with E-state index in [0.717, 1.165) is 68.7 Å². The van der Waals surface area contributed by atoms with Gasteiger partial charge in [-0.3, -0.25) is 24.2 Å². The Kier molecular flexibility index (Phi) is 15.0. The standard InChI is InChI=1S/C60H67FN8O6/c1-39-16-19-66(20-17-39)38-49-28-42-8-6-7-9-45(42)37-68(49)59(72)54-30-46-36-67(58(71)31-44-10-15-51(33-55(44)61)75-27-24-65-22-25-74-26-23-65)21-18-43(46)29-53(54)57-34-52(40(2)64(57)5)60(73)69(47-11-13-50(70)14-12-47)56-32-48(35-62)63(4)41(56)3/h6-15,29-30,32-34,39,49,70H,16-28,31,36-38H2,1-5H3/t49-/m0/s1. The predicted molar refractivity (Wildman–Crippen MR) is 286 cm³/mol. The first-order chi connectivity index (χ1) is 36.2. The number of morpholine rings is 1. The van der Waals surface area contributed by atoms with Crippen LogP contribution in [0.1, 0.15) is 85.4 Å². The summed E-state index contributed by atoms with van der Waals surface area (Å²) in [5, 5.41) is 20.3. The second-order valence-electron chi connectivity index (χ2n) is 20.9. The number of carbonyl (C=O) groups is 3. The van der Waals surface area contributed by atoms with Gasteiger partial charge in [0.2, 0.25) is 5.91 Å². The summed E-state index contributed by atoms with van der Waals surface area (Å²) >= 11 is 0. The number of anilines is 2. The lowest BCUT2D eigenvalue weighted by Gasteiger charge is -2.41. The molecule has 1 atom stereocenters.